The smallest absolute Gasteiger partial charge is 0.341 e. The molecular formula is C11H8F2N4O2S. The Morgan fingerprint density at radius 2 is 1.90 bits per heavy atom. The molecule has 0 bridgehead atoms. The van der Waals surface area contributed by atoms with Gasteiger partial charge in [-0.2, -0.15) is 19.1 Å². The van der Waals surface area contributed by atoms with Crippen LogP contribution in [0.4, 0.5) is 14.6 Å². The van der Waals surface area contributed by atoms with Crippen LogP contribution in [0.25, 0.3) is 5.69 Å². The summed E-state index contributed by atoms with van der Waals surface area (Å²) in [6, 6.07) is 6.45. The SMILES string of the molecule is N#Cc1cnn(-c2ccc(S(=O)(=O)C(F)F)cc2)c1N. The first-order valence-electron chi connectivity index (χ1n) is 5.24. The summed E-state index contributed by atoms with van der Waals surface area (Å²) in [7, 11) is -4.63. The molecule has 0 aliphatic carbocycles. The molecule has 0 atom stereocenters. The van der Waals surface area contributed by atoms with Gasteiger partial charge in [0.05, 0.1) is 16.8 Å². The second kappa shape index (κ2) is 4.90. The van der Waals surface area contributed by atoms with Crippen LogP contribution < -0.4 is 5.73 Å². The number of sulfone groups is 1. The molecule has 20 heavy (non-hydrogen) atoms. The molecule has 0 saturated carbocycles. The predicted octanol–water partition coefficient (Wildman–Crippen LogP) is 1.32. The van der Waals surface area contributed by atoms with E-state index in [9.17, 15) is 17.2 Å². The van der Waals surface area contributed by atoms with E-state index < -0.39 is 20.5 Å². The van der Waals surface area contributed by atoms with E-state index in [4.69, 9.17) is 11.0 Å². The van der Waals surface area contributed by atoms with Gasteiger partial charge in [0, 0.05) is 0 Å². The Hall–Kier alpha value is -2.47. The molecule has 0 unspecified atom stereocenters. The van der Waals surface area contributed by atoms with Crippen LogP contribution in [-0.2, 0) is 9.84 Å². The van der Waals surface area contributed by atoms with E-state index in [-0.39, 0.29) is 11.4 Å². The lowest BCUT2D eigenvalue weighted by Crippen LogP contribution is -2.11. The van der Waals surface area contributed by atoms with Crippen molar-refractivity contribution in [3.8, 4) is 11.8 Å². The van der Waals surface area contributed by atoms with Crippen LogP contribution >= 0.6 is 0 Å². The summed E-state index contributed by atoms with van der Waals surface area (Å²) in [6.45, 7) is 0. The second-order valence-electron chi connectivity index (χ2n) is 3.77. The molecule has 0 fully saturated rings. The fourth-order valence-corrected chi connectivity index (χ4v) is 2.25. The third-order valence-electron chi connectivity index (χ3n) is 2.57. The normalized spacial score (nSPS) is 11.5. The largest absolute Gasteiger partial charge is 0.382 e. The molecule has 0 aliphatic rings. The number of anilines is 1. The van der Waals surface area contributed by atoms with Crippen LogP contribution in [0.2, 0.25) is 0 Å². The fourth-order valence-electron chi connectivity index (χ4n) is 1.53. The Labute approximate surface area is 113 Å². The summed E-state index contributed by atoms with van der Waals surface area (Å²) < 4.78 is 48.5. The molecule has 0 amide bonds. The lowest BCUT2D eigenvalue weighted by Gasteiger charge is -2.06. The standard InChI is InChI=1S/C11H8F2N4O2S/c12-11(13)20(18,19)9-3-1-8(2-4-9)17-10(15)7(5-14)6-16-17/h1-4,6,11H,15H2. The molecule has 0 aliphatic heterocycles. The third kappa shape index (κ3) is 2.21. The Morgan fingerprint density at radius 1 is 1.30 bits per heavy atom. The van der Waals surface area contributed by atoms with Gasteiger partial charge >= 0.3 is 5.76 Å². The van der Waals surface area contributed by atoms with Crippen LogP contribution in [0.1, 0.15) is 5.56 Å². The molecular weight excluding hydrogens is 290 g/mol. The van der Waals surface area contributed by atoms with Crippen molar-refractivity contribution in [1.82, 2.24) is 9.78 Å². The van der Waals surface area contributed by atoms with Crippen molar-refractivity contribution in [3.05, 3.63) is 36.0 Å². The number of alkyl halides is 2. The molecule has 9 heteroatoms. The van der Waals surface area contributed by atoms with E-state index in [2.05, 4.69) is 5.10 Å². The Kier molecular flexibility index (Phi) is 3.42. The van der Waals surface area contributed by atoms with Crippen molar-refractivity contribution < 1.29 is 17.2 Å². The fraction of sp³-hybridized carbons (Fsp3) is 0.0909. The zero-order valence-electron chi connectivity index (χ0n) is 9.86. The van der Waals surface area contributed by atoms with Gasteiger partial charge in [-0.05, 0) is 24.3 Å². The molecule has 104 valence electrons. The molecule has 6 nitrogen and oxygen atoms in total. The topological polar surface area (TPSA) is 102 Å². The van der Waals surface area contributed by atoms with E-state index in [1.807, 2.05) is 6.07 Å². The van der Waals surface area contributed by atoms with Crippen molar-refractivity contribution in [2.75, 3.05) is 5.73 Å². The van der Waals surface area contributed by atoms with Gasteiger partial charge in [0.2, 0.25) is 9.84 Å². The van der Waals surface area contributed by atoms with Crippen molar-refractivity contribution in [2.45, 2.75) is 10.7 Å². The van der Waals surface area contributed by atoms with Crippen molar-refractivity contribution in [2.24, 2.45) is 0 Å². The minimum absolute atomic E-state index is 0.0805. The summed E-state index contributed by atoms with van der Waals surface area (Å²) in [5.41, 5.74) is 6.18. The summed E-state index contributed by atoms with van der Waals surface area (Å²) in [4.78, 5) is -0.498. The zero-order valence-corrected chi connectivity index (χ0v) is 10.7. The first-order valence-corrected chi connectivity index (χ1v) is 6.78. The first kappa shape index (κ1) is 14.0. The van der Waals surface area contributed by atoms with E-state index in [0.29, 0.717) is 5.69 Å². The zero-order chi connectivity index (χ0) is 14.9. The Balaban J connectivity index is 2.44. The molecule has 1 aromatic heterocycles. The summed E-state index contributed by atoms with van der Waals surface area (Å²) in [5.74, 6) is -3.40. The molecule has 2 aromatic rings. The maximum Gasteiger partial charge on any atom is 0.341 e. The van der Waals surface area contributed by atoms with Gasteiger partial charge in [0.15, 0.2) is 0 Å². The molecule has 1 heterocycles. The maximum atomic E-state index is 12.4. The Morgan fingerprint density at radius 3 is 2.35 bits per heavy atom. The second-order valence-corrected chi connectivity index (χ2v) is 5.68. The quantitative estimate of drug-likeness (QED) is 0.920. The van der Waals surface area contributed by atoms with E-state index in [0.717, 1.165) is 12.1 Å². The molecule has 0 saturated heterocycles. The minimum atomic E-state index is -4.63. The van der Waals surface area contributed by atoms with Crippen LogP contribution in [-0.4, -0.2) is 24.0 Å². The molecule has 0 radical (unpaired) electrons. The lowest BCUT2D eigenvalue weighted by molar-refractivity contribution is 0.234. The lowest BCUT2D eigenvalue weighted by atomic mass is 10.3. The molecule has 2 rings (SSSR count). The number of hydrogen-bond donors (Lipinski definition) is 1. The molecule has 0 spiro atoms. The summed E-state index contributed by atoms with van der Waals surface area (Å²) >= 11 is 0. The number of nitriles is 1. The number of hydrogen-bond acceptors (Lipinski definition) is 5. The van der Waals surface area contributed by atoms with Gasteiger partial charge in [0.1, 0.15) is 17.5 Å². The third-order valence-corrected chi connectivity index (χ3v) is 3.97. The van der Waals surface area contributed by atoms with Crippen molar-refractivity contribution in [1.29, 1.82) is 5.26 Å². The van der Waals surface area contributed by atoms with Crippen LogP contribution in [0, 0.1) is 11.3 Å². The van der Waals surface area contributed by atoms with Gasteiger partial charge in [-0.1, -0.05) is 0 Å². The number of nitrogen functional groups attached to an aromatic ring is 1. The summed E-state index contributed by atoms with van der Waals surface area (Å²) in [6.07, 6.45) is 1.25. The van der Waals surface area contributed by atoms with Crippen molar-refractivity contribution in [3.63, 3.8) is 0 Å². The average molecular weight is 298 g/mol. The number of rotatable bonds is 3. The number of nitrogens with zero attached hydrogens (tertiary/aromatic N) is 3. The van der Waals surface area contributed by atoms with Crippen LogP contribution in [0.3, 0.4) is 0 Å². The average Bonchev–Trinajstić information content (AvgIpc) is 2.79. The Bertz CT molecular complexity index is 776. The minimum Gasteiger partial charge on any atom is -0.382 e. The molecule has 2 N–H and O–H groups in total. The van der Waals surface area contributed by atoms with Gasteiger partial charge in [-0.3, -0.25) is 0 Å². The number of nitrogens with two attached hydrogens (primary N) is 1. The number of aromatic nitrogens is 2. The highest BCUT2D eigenvalue weighted by Crippen LogP contribution is 2.21. The van der Waals surface area contributed by atoms with E-state index in [1.165, 1.54) is 23.0 Å². The first-order chi connectivity index (χ1) is 9.37. The van der Waals surface area contributed by atoms with Crippen molar-refractivity contribution >= 4 is 15.7 Å². The highest BCUT2D eigenvalue weighted by atomic mass is 32.2. The maximum absolute atomic E-state index is 12.4. The van der Waals surface area contributed by atoms with Crippen LogP contribution in [0.5, 0.6) is 0 Å². The monoisotopic (exact) mass is 298 g/mol. The van der Waals surface area contributed by atoms with Gasteiger partial charge < -0.3 is 5.73 Å². The van der Waals surface area contributed by atoms with E-state index in [1.54, 1.807) is 0 Å². The molecule has 1 aromatic carbocycles. The number of benzene rings is 1. The predicted molar refractivity (Wildman–Crippen MR) is 65.9 cm³/mol. The highest BCUT2D eigenvalue weighted by Gasteiger charge is 2.26. The van der Waals surface area contributed by atoms with Gasteiger partial charge in [0.25, 0.3) is 0 Å². The van der Waals surface area contributed by atoms with E-state index >= 15 is 0 Å². The van der Waals surface area contributed by atoms with Crippen LogP contribution in [0.15, 0.2) is 35.4 Å². The van der Waals surface area contributed by atoms with Gasteiger partial charge in [-0.25, -0.2) is 13.1 Å². The number of halogens is 2. The van der Waals surface area contributed by atoms with Gasteiger partial charge in [-0.15, -0.1) is 0 Å². The highest BCUT2D eigenvalue weighted by molar-refractivity contribution is 7.91. The summed E-state index contributed by atoms with van der Waals surface area (Å²) in [5, 5.41) is 12.6.